The quantitative estimate of drug-likeness (QED) is 0.716. The Morgan fingerprint density at radius 3 is 2.50 bits per heavy atom. The summed E-state index contributed by atoms with van der Waals surface area (Å²) in [5.74, 6) is 0.951. The zero-order valence-electron chi connectivity index (χ0n) is 13.5. The summed E-state index contributed by atoms with van der Waals surface area (Å²) in [4.78, 5) is 8.56. The molecule has 0 saturated carbocycles. The van der Waals surface area contributed by atoms with Crippen molar-refractivity contribution in [3.05, 3.63) is 83.3 Å². The normalized spacial score (nSPS) is 10.4. The highest BCUT2D eigenvalue weighted by Gasteiger charge is 2.03. The molecule has 2 N–H and O–H groups in total. The van der Waals surface area contributed by atoms with Gasteiger partial charge in [-0.2, -0.15) is 4.98 Å². The van der Waals surface area contributed by atoms with Gasteiger partial charge >= 0.3 is 0 Å². The molecule has 1 heterocycles. The molecule has 0 aliphatic heterocycles. The van der Waals surface area contributed by atoms with Gasteiger partial charge in [0.2, 0.25) is 5.95 Å². The van der Waals surface area contributed by atoms with Gasteiger partial charge in [-0.05, 0) is 24.6 Å². The van der Waals surface area contributed by atoms with Crippen LogP contribution < -0.4 is 10.6 Å². The molecule has 0 aliphatic rings. The fourth-order valence-corrected chi connectivity index (χ4v) is 2.26. The van der Waals surface area contributed by atoms with Gasteiger partial charge in [-0.1, -0.05) is 48.0 Å². The molecule has 0 fully saturated rings. The van der Waals surface area contributed by atoms with E-state index < -0.39 is 0 Å². The number of rotatable bonds is 6. The van der Waals surface area contributed by atoms with Crippen molar-refractivity contribution in [1.82, 2.24) is 9.97 Å². The van der Waals surface area contributed by atoms with Crippen LogP contribution in [0.15, 0.2) is 60.8 Å². The van der Waals surface area contributed by atoms with Gasteiger partial charge < -0.3 is 10.6 Å². The average molecular weight is 322 g/mol. The van der Waals surface area contributed by atoms with E-state index in [1.807, 2.05) is 6.07 Å². The fraction of sp³-hybridized carbons (Fsp3) is 0.158. The largest absolute Gasteiger partial charge is 0.366 e. The van der Waals surface area contributed by atoms with Crippen LogP contribution in [-0.4, -0.2) is 9.97 Å². The van der Waals surface area contributed by atoms with Crippen LogP contribution in [0.3, 0.4) is 0 Å². The number of aromatic nitrogens is 2. The number of hydrogen-bond donors (Lipinski definition) is 2. The van der Waals surface area contributed by atoms with Gasteiger partial charge in [-0.3, -0.25) is 0 Å². The number of hydrogen-bond acceptors (Lipinski definition) is 4. The Hall–Kier alpha value is -2.95. The molecule has 0 bridgehead atoms. The predicted molar refractivity (Wildman–Crippen MR) is 94.3 cm³/mol. The van der Waals surface area contributed by atoms with E-state index in [1.165, 1.54) is 17.2 Å². The first kappa shape index (κ1) is 15.9. The maximum Gasteiger partial charge on any atom is 0.224 e. The molecule has 2 aromatic carbocycles. The lowest BCUT2D eigenvalue weighted by atomic mass is 10.1. The van der Waals surface area contributed by atoms with Crippen molar-refractivity contribution in [2.24, 2.45) is 0 Å². The zero-order chi connectivity index (χ0) is 16.8. The summed E-state index contributed by atoms with van der Waals surface area (Å²) in [6.07, 6.45) is 1.67. The molecular weight excluding hydrogens is 303 g/mol. The van der Waals surface area contributed by atoms with Crippen LogP contribution in [0, 0.1) is 12.7 Å². The Morgan fingerprint density at radius 2 is 1.71 bits per heavy atom. The molecule has 0 atom stereocenters. The number of halogens is 1. The van der Waals surface area contributed by atoms with Crippen LogP contribution in [0.4, 0.5) is 16.2 Å². The second kappa shape index (κ2) is 7.55. The van der Waals surface area contributed by atoms with Crippen molar-refractivity contribution in [3.63, 3.8) is 0 Å². The molecule has 0 spiro atoms. The van der Waals surface area contributed by atoms with Crippen LogP contribution in [0.1, 0.15) is 16.7 Å². The monoisotopic (exact) mass is 322 g/mol. The maximum absolute atomic E-state index is 13.6. The molecule has 5 heteroatoms. The number of nitrogens with zero attached hydrogens (tertiary/aromatic N) is 2. The number of anilines is 2. The zero-order valence-corrected chi connectivity index (χ0v) is 13.5. The molecule has 3 rings (SSSR count). The summed E-state index contributed by atoms with van der Waals surface area (Å²) in [5.41, 5.74) is 3.00. The van der Waals surface area contributed by atoms with Gasteiger partial charge in [0.05, 0.1) is 0 Å². The van der Waals surface area contributed by atoms with Gasteiger partial charge in [0.1, 0.15) is 11.6 Å². The molecule has 3 aromatic rings. The van der Waals surface area contributed by atoms with Crippen LogP contribution >= 0.6 is 0 Å². The fourth-order valence-electron chi connectivity index (χ4n) is 2.26. The van der Waals surface area contributed by atoms with Gasteiger partial charge in [0, 0.05) is 24.8 Å². The van der Waals surface area contributed by atoms with Crippen LogP contribution in [-0.2, 0) is 13.1 Å². The highest BCUT2D eigenvalue weighted by Crippen LogP contribution is 2.11. The Bertz CT molecular complexity index is 802. The smallest absolute Gasteiger partial charge is 0.224 e. The minimum absolute atomic E-state index is 0.237. The van der Waals surface area contributed by atoms with Crippen LogP contribution in [0.2, 0.25) is 0 Å². The third kappa shape index (κ3) is 4.29. The van der Waals surface area contributed by atoms with E-state index in [4.69, 9.17) is 0 Å². The van der Waals surface area contributed by atoms with Gasteiger partial charge in [0.25, 0.3) is 0 Å². The summed E-state index contributed by atoms with van der Waals surface area (Å²) < 4.78 is 13.6. The first-order chi connectivity index (χ1) is 11.7. The van der Waals surface area contributed by atoms with E-state index in [0.717, 1.165) is 5.82 Å². The van der Waals surface area contributed by atoms with Gasteiger partial charge in [-0.15, -0.1) is 0 Å². The van der Waals surface area contributed by atoms with Crippen molar-refractivity contribution < 1.29 is 4.39 Å². The van der Waals surface area contributed by atoms with Crippen molar-refractivity contribution in [1.29, 1.82) is 0 Å². The predicted octanol–water partition coefficient (Wildman–Crippen LogP) is 4.15. The SMILES string of the molecule is Cc1ccc(CNc2ccnc(NCc3ccccc3F)n2)cc1. The molecule has 0 radical (unpaired) electrons. The van der Waals surface area contributed by atoms with E-state index in [-0.39, 0.29) is 5.82 Å². The van der Waals surface area contributed by atoms with Crippen molar-refractivity contribution >= 4 is 11.8 Å². The minimum atomic E-state index is -0.237. The lowest BCUT2D eigenvalue weighted by molar-refractivity contribution is 0.612. The molecule has 0 aliphatic carbocycles. The van der Waals surface area contributed by atoms with E-state index in [9.17, 15) is 4.39 Å². The summed E-state index contributed by atoms with van der Waals surface area (Å²) in [6, 6.07) is 16.8. The highest BCUT2D eigenvalue weighted by molar-refractivity contribution is 5.41. The van der Waals surface area contributed by atoms with Crippen LogP contribution in [0.25, 0.3) is 0 Å². The Labute approximate surface area is 140 Å². The molecule has 4 nitrogen and oxygen atoms in total. The second-order valence-corrected chi connectivity index (χ2v) is 5.55. The first-order valence-electron chi connectivity index (χ1n) is 7.80. The van der Waals surface area contributed by atoms with Crippen LogP contribution in [0.5, 0.6) is 0 Å². The van der Waals surface area contributed by atoms with Gasteiger partial charge in [0.15, 0.2) is 0 Å². The van der Waals surface area contributed by atoms with E-state index >= 15 is 0 Å². The van der Waals surface area contributed by atoms with E-state index in [0.29, 0.717) is 24.6 Å². The Kier molecular flexibility index (Phi) is 5.01. The maximum atomic E-state index is 13.6. The van der Waals surface area contributed by atoms with Gasteiger partial charge in [-0.25, -0.2) is 9.37 Å². The third-order valence-corrected chi connectivity index (χ3v) is 3.64. The standard InChI is InChI=1S/C19H19FN4/c1-14-6-8-15(9-7-14)12-22-18-10-11-21-19(24-18)23-13-16-4-2-3-5-17(16)20/h2-11H,12-13H2,1H3,(H2,21,22,23,24). The molecule has 0 amide bonds. The molecule has 1 aromatic heterocycles. The van der Waals surface area contributed by atoms with Crippen molar-refractivity contribution in [3.8, 4) is 0 Å². The lowest BCUT2D eigenvalue weighted by Crippen LogP contribution is -2.07. The van der Waals surface area contributed by atoms with Crippen molar-refractivity contribution in [2.45, 2.75) is 20.0 Å². The number of aryl methyl sites for hydroxylation is 1. The second-order valence-electron chi connectivity index (χ2n) is 5.55. The van der Waals surface area contributed by atoms with Crippen molar-refractivity contribution in [2.75, 3.05) is 10.6 Å². The van der Waals surface area contributed by atoms with E-state index in [1.54, 1.807) is 24.4 Å². The highest BCUT2D eigenvalue weighted by atomic mass is 19.1. The molecular formula is C19H19FN4. The number of benzene rings is 2. The number of nitrogens with one attached hydrogen (secondary N) is 2. The third-order valence-electron chi connectivity index (χ3n) is 3.64. The summed E-state index contributed by atoms with van der Waals surface area (Å²) in [6.45, 7) is 3.09. The summed E-state index contributed by atoms with van der Waals surface area (Å²) >= 11 is 0. The van der Waals surface area contributed by atoms with E-state index in [2.05, 4.69) is 51.8 Å². The summed E-state index contributed by atoms with van der Waals surface area (Å²) in [7, 11) is 0. The summed E-state index contributed by atoms with van der Waals surface area (Å²) in [5, 5.41) is 6.31. The Balaban J connectivity index is 1.59. The molecule has 0 unspecified atom stereocenters. The molecule has 24 heavy (non-hydrogen) atoms. The topological polar surface area (TPSA) is 49.8 Å². The minimum Gasteiger partial charge on any atom is -0.366 e. The molecule has 0 saturated heterocycles. The Morgan fingerprint density at radius 1 is 0.917 bits per heavy atom. The average Bonchev–Trinajstić information content (AvgIpc) is 2.61. The first-order valence-corrected chi connectivity index (χ1v) is 7.80. The lowest BCUT2D eigenvalue weighted by Gasteiger charge is -2.09. The molecule has 122 valence electrons.